The van der Waals surface area contributed by atoms with Gasteiger partial charge in [0.25, 0.3) is 5.91 Å². The molecule has 1 N–H and O–H groups in total. The van der Waals surface area contributed by atoms with Crippen LogP contribution in [0.15, 0.2) is 58.3 Å². The number of nitrogens with one attached hydrogen (secondary N) is 1. The first-order valence-electron chi connectivity index (χ1n) is 9.22. The Morgan fingerprint density at radius 3 is 2.55 bits per heavy atom. The molecule has 152 valence electrons. The molecule has 1 aliphatic heterocycles. The molecule has 2 aromatic rings. The molecule has 0 saturated heterocycles. The van der Waals surface area contributed by atoms with Crippen LogP contribution in [0.25, 0.3) is 6.08 Å². The van der Waals surface area contributed by atoms with Gasteiger partial charge in [0.05, 0.1) is 17.1 Å². The van der Waals surface area contributed by atoms with Gasteiger partial charge >= 0.3 is 0 Å². The first kappa shape index (κ1) is 21.1. The Morgan fingerprint density at radius 2 is 1.83 bits per heavy atom. The summed E-state index contributed by atoms with van der Waals surface area (Å²) < 4.78 is 10.2. The number of nitrogens with zero attached hydrogens (tertiary/aromatic N) is 1. The summed E-state index contributed by atoms with van der Waals surface area (Å²) in [5.74, 6) is -0.475. The lowest BCUT2D eigenvalue weighted by Crippen LogP contribution is -2.44. The predicted molar refractivity (Wildman–Crippen MR) is 115 cm³/mol. The number of hydrogen-bond donors (Lipinski definition) is 1. The molecular weight excluding hydrogens is 388 g/mol. The van der Waals surface area contributed by atoms with E-state index < -0.39 is 6.29 Å². The lowest BCUT2D eigenvalue weighted by atomic mass is 10.1. The topological polar surface area (TPSA) is 67.9 Å². The normalized spacial score (nSPS) is 15.0. The molecule has 29 heavy (non-hydrogen) atoms. The van der Waals surface area contributed by atoms with E-state index in [0.29, 0.717) is 4.91 Å². The van der Waals surface area contributed by atoms with Crippen molar-refractivity contribution in [3.8, 4) is 0 Å². The zero-order valence-corrected chi connectivity index (χ0v) is 17.5. The standard InChI is InChI=1S/C22H24N2O4S/c1-15-8-4-5-9-16(15)12-19-22(26)24(17-10-6-7-11-18(17)29-19)14-20(25)23-13-21(27-2)28-3/h4-12,21H,13-14H2,1-3H3,(H,23,25). The molecule has 0 unspecified atom stereocenters. The molecule has 0 bridgehead atoms. The van der Waals surface area contributed by atoms with E-state index in [4.69, 9.17) is 9.47 Å². The molecule has 0 spiro atoms. The fourth-order valence-corrected chi connectivity index (χ4v) is 4.02. The highest BCUT2D eigenvalue weighted by molar-refractivity contribution is 8.04. The van der Waals surface area contributed by atoms with Gasteiger partial charge in [0.15, 0.2) is 6.29 Å². The Labute approximate surface area is 174 Å². The number of ether oxygens (including phenoxy) is 2. The van der Waals surface area contributed by atoms with Gasteiger partial charge in [-0.25, -0.2) is 0 Å². The summed E-state index contributed by atoms with van der Waals surface area (Å²) in [4.78, 5) is 28.7. The Hall–Kier alpha value is -2.61. The van der Waals surface area contributed by atoms with Crippen LogP contribution in [0.2, 0.25) is 0 Å². The quantitative estimate of drug-likeness (QED) is 0.559. The number of rotatable bonds is 7. The van der Waals surface area contributed by atoms with Crippen molar-refractivity contribution in [1.29, 1.82) is 0 Å². The van der Waals surface area contributed by atoms with E-state index in [1.165, 1.54) is 30.9 Å². The molecule has 7 heteroatoms. The van der Waals surface area contributed by atoms with Crippen LogP contribution >= 0.6 is 11.8 Å². The van der Waals surface area contributed by atoms with E-state index in [-0.39, 0.29) is 24.9 Å². The molecule has 6 nitrogen and oxygen atoms in total. The Morgan fingerprint density at radius 1 is 1.14 bits per heavy atom. The average molecular weight is 413 g/mol. The van der Waals surface area contributed by atoms with Gasteiger partial charge < -0.3 is 14.8 Å². The van der Waals surface area contributed by atoms with Gasteiger partial charge in [-0.2, -0.15) is 0 Å². The van der Waals surface area contributed by atoms with Crippen LogP contribution in [-0.2, 0) is 19.1 Å². The predicted octanol–water partition coefficient (Wildman–Crippen LogP) is 3.21. The molecule has 0 aliphatic carbocycles. The van der Waals surface area contributed by atoms with Crippen molar-refractivity contribution in [3.63, 3.8) is 0 Å². The molecule has 3 rings (SSSR count). The maximum absolute atomic E-state index is 13.2. The van der Waals surface area contributed by atoms with Crippen LogP contribution in [0.4, 0.5) is 5.69 Å². The molecule has 1 aliphatic rings. The van der Waals surface area contributed by atoms with Crippen molar-refractivity contribution in [3.05, 3.63) is 64.6 Å². The number of amides is 2. The minimum absolute atomic E-state index is 0.0817. The molecular formula is C22H24N2O4S. The molecule has 0 radical (unpaired) electrons. The highest BCUT2D eigenvalue weighted by Gasteiger charge is 2.30. The van der Waals surface area contributed by atoms with Crippen molar-refractivity contribution in [2.75, 3.05) is 32.2 Å². The summed E-state index contributed by atoms with van der Waals surface area (Å²) in [5.41, 5.74) is 2.80. The van der Waals surface area contributed by atoms with Gasteiger partial charge in [-0.15, -0.1) is 0 Å². The van der Waals surface area contributed by atoms with Crippen molar-refractivity contribution in [1.82, 2.24) is 5.32 Å². The van der Waals surface area contributed by atoms with Crippen LogP contribution < -0.4 is 10.2 Å². The molecule has 0 atom stereocenters. The van der Waals surface area contributed by atoms with Crippen LogP contribution in [0.3, 0.4) is 0 Å². The van der Waals surface area contributed by atoms with E-state index in [0.717, 1.165) is 21.7 Å². The number of aryl methyl sites for hydroxylation is 1. The van der Waals surface area contributed by atoms with Crippen LogP contribution in [0.1, 0.15) is 11.1 Å². The summed E-state index contributed by atoms with van der Waals surface area (Å²) in [6.07, 6.45) is 1.35. The van der Waals surface area contributed by atoms with E-state index in [9.17, 15) is 9.59 Å². The molecule has 0 saturated carbocycles. The van der Waals surface area contributed by atoms with Crippen molar-refractivity contribution in [2.24, 2.45) is 0 Å². The summed E-state index contributed by atoms with van der Waals surface area (Å²) in [6, 6.07) is 15.5. The monoisotopic (exact) mass is 412 g/mol. The number of thioether (sulfide) groups is 1. The Balaban J connectivity index is 1.84. The third kappa shape index (κ3) is 5.06. The van der Waals surface area contributed by atoms with Gasteiger partial charge in [-0.05, 0) is 36.3 Å². The van der Waals surface area contributed by atoms with E-state index >= 15 is 0 Å². The number of para-hydroxylation sites is 1. The summed E-state index contributed by atoms with van der Waals surface area (Å²) in [6.45, 7) is 2.13. The van der Waals surface area contributed by atoms with Crippen LogP contribution in [0.5, 0.6) is 0 Å². The number of fused-ring (bicyclic) bond motifs is 1. The minimum atomic E-state index is -0.532. The first-order valence-corrected chi connectivity index (χ1v) is 10.0. The van der Waals surface area contributed by atoms with Crippen molar-refractivity contribution in [2.45, 2.75) is 18.1 Å². The molecule has 2 aromatic carbocycles. The maximum Gasteiger partial charge on any atom is 0.265 e. The van der Waals surface area contributed by atoms with Crippen molar-refractivity contribution < 1.29 is 19.1 Å². The number of hydrogen-bond acceptors (Lipinski definition) is 5. The zero-order valence-electron chi connectivity index (χ0n) is 16.7. The van der Waals surface area contributed by atoms with Gasteiger partial charge in [-0.3, -0.25) is 14.5 Å². The van der Waals surface area contributed by atoms with Gasteiger partial charge in [0.1, 0.15) is 6.54 Å². The molecule has 0 fully saturated rings. The second-order valence-corrected chi connectivity index (χ2v) is 7.62. The lowest BCUT2D eigenvalue weighted by molar-refractivity contribution is -0.127. The fraction of sp³-hybridized carbons (Fsp3) is 0.273. The van der Waals surface area contributed by atoms with Gasteiger partial charge in [0.2, 0.25) is 5.91 Å². The summed E-state index contributed by atoms with van der Waals surface area (Å²) in [5, 5.41) is 2.75. The number of anilines is 1. The maximum atomic E-state index is 13.2. The van der Waals surface area contributed by atoms with E-state index in [1.54, 1.807) is 0 Å². The zero-order chi connectivity index (χ0) is 20.8. The Bertz CT molecular complexity index is 925. The molecule has 2 amide bonds. The fourth-order valence-electron chi connectivity index (χ4n) is 2.97. The highest BCUT2D eigenvalue weighted by Crippen LogP contribution is 2.42. The summed E-state index contributed by atoms with van der Waals surface area (Å²) in [7, 11) is 3.01. The Kier molecular flexibility index (Phi) is 7.09. The van der Waals surface area contributed by atoms with E-state index in [1.807, 2.05) is 61.5 Å². The second kappa shape index (κ2) is 9.73. The van der Waals surface area contributed by atoms with Crippen LogP contribution in [0, 0.1) is 6.92 Å². The highest BCUT2D eigenvalue weighted by atomic mass is 32.2. The SMILES string of the molecule is COC(CNC(=O)CN1C(=O)C(=Cc2ccccc2C)Sc2ccccc21)OC. The number of methoxy groups -OCH3 is 2. The second-order valence-electron chi connectivity index (χ2n) is 6.53. The lowest BCUT2D eigenvalue weighted by Gasteiger charge is -2.30. The minimum Gasteiger partial charge on any atom is -0.354 e. The van der Waals surface area contributed by atoms with Crippen molar-refractivity contribution >= 4 is 35.3 Å². The third-order valence-electron chi connectivity index (χ3n) is 4.60. The number of carbonyl (C=O) groups excluding carboxylic acids is 2. The first-order chi connectivity index (χ1) is 14.0. The average Bonchev–Trinajstić information content (AvgIpc) is 2.73. The molecule has 1 heterocycles. The largest absolute Gasteiger partial charge is 0.354 e. The number of benzene rings is 2. The van der Waals surface area contributed by atoms with Gasteiger partial charge in [0, 0.05) is 19.1 Å². The van der Waals surface area contributed by atoms with Gasteiger partial charge in [-0.1, -0.05) is 48.2 Å². The van der Waals surface area contributed by atoms with E-state index in [2.05, 4.69) is 5.32 Å². The third-order valence-corrected chi connectivity index (χ3v) is 5.68. The summed E-state index contributed by atoms with van der Waals surface area (Å²) >= 11 is 1.42. The smallest absolute Gasteiger partial charge is 0.265 e. The number of carbonyl (C=O) groups is 2. The molecule has 0 aromatic heterocycles. The van der Waals surface area contributed by atoms with Crippen LogP contribution in [-0.4, -0.2) is 45.4 Å².